The fourth-order valence-corrected chi connectivity index (χ4v) is 1.24. The molecule has 3 heteroatoms. The fourth-order valence-electron chi connectivity index (χ4n) is 1.24. The zero-order chi connectivity index (χ0) is 8.39. The molecule has 1 aromatic rings. The van der Waals surface area contributed by atoms with Crippen LogP contribution in [-0.2, 0) is 0 Å². The number of nitrogens with two attached hydrogens (primary N) is 1. The second-order valence-electron chi connectivity index (χ2n) is 2.95. The highest BCUT2D eigenvalue weighted by atomic mass is 16.5. The number of rotatable bonds is 0. The minimum Gasteiger partial charge on any atom is -0.490 e. The second-order valence-corrected chi connectivity index (χ2v) is 2.95. The summed E-state index contributed by atoms with van der Waals surface area (Å²) in [5, 5.41) is 3.22. The van der Waals surface area contributed by atoms with E-state index in [0.29, 0.717) is 6.61 Å². The average Bonchev–Trinajstić information content (AvgIpc) is 2.29. The Morgan fingerprint density at radius 3 is 3.17 bits per heavy atom. The van der Waals surface area contributed by atoms with Gasteiger partial charge in [0.05, 0.1) is 11.7 Å². The van der Waals surface area contributed by atoms with Crippen molar-refractivity contribution in [3.05, 3.63) is 24.3 Å². The molecule has 0 amide bonds. The molecule has 64 valence electrons. The van der Waals surface area contributed by atoms with Gasteiger partial charge in [0, 0.05) is 6.54 Å². The Morgan fingerprint density at radius 1 is 1.42 bits per heavy atom. The highest BCUT2D eigenvalue weighted by Crippen LogP contribution is 2.25. The van der Waals surface area contributed by atoms with Crippen molar-refractivity contribution in [2.75, 3.05) is 18.5 Å². The molecule has 12 heavy (non-hydrogen) atoms. The van der Waals surface area contributed by atoms with Gasteiger partial charge in [0.25, 0.3) is 0 Å². The molecule has 1 aliphatic heterocycles. The van der Waals surface area contributed by atoms with Crippen molar-refractivity contribution >= 4 is 5.69 Å². The maximum Gasteiger partial charge on any atom is 0.142 e. The normalized spacial score (nSPS) is 21.6. The van der Waals surface area contributed by atoms with Crippen molar-refractivity contribution < 1.29 is 4.74 Å². The fraction of sp³-hybridized carbons (Fsp3) is 0.333. The molecule has 3 N–H and O–H groups in total. The highest BCUT2D eigenvalue weighted by molar-refractivity contribution is 5.56. The van der Waals surface area contributed by atoms with E-state index in [2.05, 4.69) is 5.32 Å². The van der Waals surface area contributed by atoms with E-state index in [1.165, 1.54) is 0 Å². The number of nitrogens with one attached hydrogen (secondary N) is 1. The predicted octanol–water partition coefficient (Wildman–Crippen LogP) is 0.818. The lowest BCUT2D eigenvalue weighted by atomic mass is 10.3. The molecule has 0 aromatic heterocycles. The standard InChI is InChI=1S/C9H12N2O/c10-7-5-11-8-3-1-2-4-9(8)12-6-7/h1-4,7,11H,5-6,10H2. The Morgan fingerprint density at radius 2 is 2.25 bits per heavy atom. The van der Waals surface area contributed by atoms with Gasteiger partial charge < -0.3 is 15.8 Å². The predicted molar refractivity (Wildman–Crippen MR) is 48.4 cm³/mol. The summed E-state index contributed by atoms with van der Waals surface area (Å²) in [6, 6.07) is 7.95. The minimum absolute atomic E-state index is 0.0809. The average molecular weight is 164 g/mol. The molecule has 1 unspecified atom stereocenters. The number of para-hydroxylation sites is 2. The van der Waals surface area contributed by atoms with Crippen LogP contribution in [0.2, 0.25) is 0 Å². The van der Waals surface area contributed by atoms with Crippen LogP contribution in [0.15, 0.2) is 24.3 Å². The Kier molecular flexibility index (Phi) is 1.87. The summed E-state index contributed by atoms with van der Waals surface area (Å²) in [6.07, 6.45) is 0. The number of fused-ring (bicyclic) bond motifs is 1. The largest absolute Gasteiger partial charge is 0.490 e. The molecule has 0 spiro atoms. The lowest BCUT2D eigenvalue weighted by Crippen LogP contribution is -2.32. The van der Waals surface area contributed by atoms with E-state index in [1.807, 2.05) is 24.3 Å². The monoisotopic (exact) mass is 164 g/mol. The molecular weight excluding hydrogens is 152 g/mol. The lowest BCUT2D eigenvalue weighted by molar-refractivity contribution is 0.301. The zero-order valence-electron chi connectivity index (χ0n) is 6.79. The van der Waals surface area contributed by atoms with Crippen LogP contribution in [0.25, 0.3) is 0 Å². The summed E-state index contributed by atoms with van der Waals surface area (Å²) in [4.78, 5) is 0. The summed E-state index contributed by atoms with van der Waals surface area (Å²) < 4.78 is 5.47. The quantitative estimate of drug-likeness (QED) is 0.596. The Labute approximate surface area is 71.5 Å². The number of benzene rings is 1. The Hall–Kier alpha value is -1.22. The van der Waals surface area contributed by atoms with E-state index in [-0.39, 0.29) is 6.04 Å². The summed E-state index contributed by atoms with van der Waals surface area (Å²) >= 11 is 0. The van der Waals surface area contributed by atoms with Gasteiger partial charge in [-0.1, -0.05) is 12.1 Å². The van der Waals surface area contributed by atoms with Crippen LogP contribution in [0.1, 0.15) is 0 Å². The van der Waals surface area contributed by atoms with Crippen molar-refractivity contribution in [1.29, 1.82) is 0 Å². The third-order valence-electron chi connectivity index (χ3n) is 1.89. The molecule has 1 heterocycles. The molecule has 2 rings (SSSR count). The van der Waals surface area contributed by atoms with Gasteiger partial charge in [-0.15, -0.1) is 0 Å². The molecule has 0 bridgehead atoms. The van der Waals surface area contributed by atoms with Gasteiger partial charge in [-0.25, -0.2) is 0 Å². The molecule has 0 saturated carbocycles. The zero-order valence-corrected chi connectivity index (χ0v) is 6.79. The lowest BCUT2D eigenvalue weighted by Gasteiger charge is -2.05. The van der Waals surface area contributed by atoms with Crippen LogP contribution in [0.3, 0.4) is 0 Å². The molecule has 1 atom stereocenters. The smallest absolute Gasteiger partial charge is 0.142 e. The van der Waals surface area contributed by atoms with Crippen LogP contribution in [-0.4, -0.2) is 19.2 Å². The van der Waals surface area contributed by atoms with E-state index in [1.54, 1.807) is 0 Å². The van der Waals surface area contributed by atoms with Gasteiger partial charge >= 0.3 is 0 Å². The van der Waals surface area contributed by atoms with E-state index >= 15 is 0 Å². The maximum atomic E-state index is 5.73. The van der Waals surface area contributed by atoms with Crippen LogP contribution >= 0.6 is 0 Å². The second kappa shape index (κ2) is 3.03. The van der Waals surface area contributed by atoms with Crippen molar-refractivity contribution in [3.8, 4) is 5.75 Å². The number of anilines is 1. The van der Waals surface area contributed by atoms with Gasteiger partial charge in [0.2, 0.25) is 0 Å². The molecule has 0 saturated heterocycles. The topological polar surface area (TPSA) is 47.3 Å². The number of hydrogen-bond acceptors (Lipinski definition) is 3. The first kappa shape index (κ1) is 7.43. The minimum atomic E-state index is 0.0809. The maximum absolute atomic E-state index is 5.73. The first-order valence-corrected chi connectivity index (χ1v) is 4.07. The molecule has 0 radical (unpaired) electrons. The molecule has 0 aliphatic carbocycles. The van der Waals surface area contributed by atoms with Crippen molar-refractivity contribution in [3.63, 3.8) is 0 Å². The first-order chi connectivity index (χ1) is 5.86. The van der Waals surface area contributed by atoms with Gasteiger partial charge in [-0.2, -0.15) is 0 Å². The van der Waals surface area contributed by atoms with E-state index in [4.69, 9.17) is 10.5 Å². The van der Waals surface area contributed by atoms with E-state index < -0.39 is 0 Å². The van der Waals surface area contributed by atoms with Gasteiger partial charge in [0.1, 0.15) is 12.4 Å². The third kappa shape index (κ3) is 1.36. The molecular formula is C9H12N2O. The molecule has 0 fully saturated rings. The van der Waals surface area contributed by atoms with Gasteiger partial charge in [0.15, 0.2) is 0 Å². The third-order valence-corrected chi connectivity index (χ3v) is 1.89. The van der Waals surface area contributed by atoms with Crippen LogP contribution in [0, 0.1) is 0 Å². The van der Waals surface area contributed by atoms with Crippen molar-refractivity contribution in [1.82, 2.24) is 0 Å². The van der Waals surface area contributed by atoms with Gasteiger partial charge in [-0.3, -0.25) is 0 Å². The van der Waals surface area contributed by atoms with Crippen LogP contribution in [0.4, 0.5) is 5.69 Å². The summed E-state index contributed by atoms with van der Waals surface area (Å²) in [5.41, 5.74) is 6.76. The number of ether oxygens (including phenoxy) is 1. The van der Waals surface area contributed by atoms with Crippen molar-refractivity contribution in [2.24, 2.45) is 5.73 Å². The Bertz CT molecular complexity index is 248. The molecule has 3 nitrogen and oxygen atoms in total. The molecule has 1 aliphatic rings. The van der Waals surface area contributed by atoms with Crippen molar-refractivity contribution in [2.45, 2.75) is 6.04 Å². The summed E-state index contributed by atoms with van der Waals surface area (Å²) in [6.45, 7) is 1.36. The SMILES string of the molecule is NC1CNc2ccccc2OC1. The van der Waals surface area contributed by atoms with Crippen LogP contribution < -0.4 is 15.8 Å². The van der Waals surface area contributed by atoms with E-state index in [0.717, 1.165) is 18.0 Å². The molecule has 1 aromatic carbocycles. The highest BCUT2D eigenvalue weighted by Gasteiger charge is 2.11. The van der Waals surface area contributed by atoms with Crippen LogP contribution in [0.5, 0.6) is 5.75 Å². The summed E-state index contributed by atoms with van der Waals surface area (Å²) in [5.74, 6) is 0.894. The Balaban J connectivity index is 2.26. The van der Waals surface area contributed by atoms with E-state index in [9.17, 15) is 0 Å². The summed E-state index contributed by atoms with van der Waals surface area (Å²) in [7, 11) is 0. The number of hydrogen-bond donors (Lipinski definition) is 2. The first-order valence-electron chi connectivity index (χ1n) is 4.07. The van der Waals surface area contributed by atoms with Gasteiger partial charge in [-0.05, 0) is 12.1 Å².